The number of nitrogens with two attached hydrogens (primary N) is 1. The van der Waals surface area contributed by atoms with Crippen molar-refractivity contribution in [2.75, 3.05) is 21.3 Å². The van der Waals surface area contributed by atoms with E-state index >= 15 is 0 Å². The molecule has 0 saturated carbocycles. The van der Waals surface area contributed by atoms with Crippen molar-refractivity contribution < 1.29 is 19.0 Å². The van der Waals surface area contributed by atoms with Gasteiger partial charge in [-0.2, -0.15) is 0 Å². The van der Waals surface area contributed by atoms with Crippen molar-refractivity contribution >= 4 is 5.91 Å². The van der Waals surface area contributed by atoms with E-state index in [1.54, 1.807) is 33.1 Å². The molecule has 106 valence electrons. The second kappa shape index (κ2) is 5.79. The summed E-state index contributed by atoms with van der Waals surface area (Å²) in [6, 6.07) is 3.40. The average Bonchev–Trinajstić information content (AvgIpc) is 2.44. The molecular weight excluding hydrogens is 248 g/mol. The third-order valence-electron chi connectivity index (χ3n) is 3.04. The van der Waals surface area contributed by atoms with Crippen molar-refractivity contribution in [3.05, 3.63) is 17.7 Å². The van der Waals surface area contributed by atoms with Crippen molar-refractivity contribution in [2.24, 2.45) is 5.84 Å². The lowest BCUT2D eigenvalue weighted by Crippen LogP contribution is -2.44. The maximum Gasteiger partial charge on any atom is 0.244 e. The molecule has 3 N–H and O–H groups in total. The Morgan fingerprint density at radius 2 is 1.58 bits per heavy atom. The SMILES string of the molecule is COc1cc(OC)c(C(C)(C)C(=O)NN)c(OC)c1. The predicted molar refractivity (Wildman–Crippen MR) is 71.5 cm³/mol. The van der Waals surface area contributed by atoms with Crippen molar-refractivity contribution in [3.63, 3.8) is 0 Å². The highest BCUT2D eigenvalue weighted by Gasteiger charge is 2.35. The first-order valence-electron chi connectivity index (χ1n) is 5.73. The van der Waals surface area contributed by atoms with Crippen LogP contribution in [0.2, 0.25) is 0 Å². The lowest BCUT2D eigenvalue weighted by molar-refractivity contribution is -0.125. The number of hydrazine groups is 1. The van der Waals surface area contributed by atoms with Crippen LogP contribution in [0, 0.1) is 0 Å². The highest BCUT2D eigenvalue weighted by atomic mass is 16.5. The molecular formula is C13H20N2O4. The number of methoxy groups -OCH3 is 3. The van der Waals surface area contributed by atoms with Crippen molar-refractivity contribution in [1.29, 1.82) is 0 Å². The Balaban J connectivity index is 3.52. The molecule has 0 unspecified atom stereocenters. The fourth-order valence-corrected chi connectivity index (χ4v) is 1.92. The van der Waals surface area contributed by atoms with E-state index < -0.39 is 5.41 Å². The number of hydrogen-bond acceptors (Lipinski definition) is 5. The first kappa shape index (κ1) is 15.1. The van der Waals surface area contributed by atoms with E-state index in [0.717, 1.165) is 0 Å². The quantitative estimate of drug-likeness (QED) is 0.472. The van der Waals surface area contributed by atoms with Crippen LogP contribution < -0.4 is 25.5 Å². The monoisotopic (exact) mass is 268 g/mol. The molecule has 0 heterocycles. The standard InChI is InChI=1S/C13H20N2O4/c1-13(2,12(16)15-14)11-9(18-4)6-8(17-3)7-10(11)19-5/h6-7H,14H2,1-5H3,(H,15,16). The fraction of sp³-hybridized carbons (Fsp3) is 0.462. The number of rotatable bonds is 5. The Kier molecular flexibility index (Phi) is 4.61. The topological polar surface area (TPSA) is 82.8 Å². The molecule has 0 aromatic heterocycles. The van der Waals surface area contributed by atoms with Gasteiger partial charge in [0, 0.05) is 12.1 Å². The van der Waals surface area contributed by atoms with E-state index in [0.29, 0.717) is 22.8 Å². The van der Waals surface area contributed by atoms with Crippen LogP contribution in [0.15, 0.2) is 12.1 Å². The molecule has 1 aromatic rings. The van der Waals surface area contributed by atoms with Gasteiger partial charge in [-0.15, -0.1) is 0 Å². The fourth-order valence-electron chi connectivity index (χ4n) is 1.92. The Hall–Kier alpha value is -1.95. The molecule has 19 heavy (non-hydrogen) atoms. The Bertz CT molecular complexity index is 447. The molecule has 0 fully saturated rings. The maximum atomic E-state index is 11.9. The van der Waals surface area contributed by atoms with Gasteiger partial charge in [0.15, 0.2) is 0 Å². The summed E-state index contributed by atoms with van der Waals surface area (Å²) in [5, 5.41) is 0. The highest BCUT2D eigenvalue weighted by Crippen LogP contribution is 2.42. The van der Waals surface area contributed by atoms with E-state index in [1.165, 1.54) is 14.2 Å². The van der Waals surface area contributed by atoms with Crippen molar-refractivity contribution in [1.82, 2.24) is 5.43 Å². The lowest BCUT2D eigenvalue weighted by Gasteiger charge is -2.27. The lowest BCUT2D eigenvalue weighted by atomic mass is 9.82. The van der Waals surface area contributed by atoms with Crippen LogP contribution in [0.5, 0.6) is 17.2 Å². The molecule has 0 radical (unpaired) electrons. The third kappa shape index (κ3) is 2.73. The van der Waals surface area contributed by atoms with Crippen LogP contribution in [0.4, 0.5) is 0 Å². The molecule has 6 nitrogen and oxygen atoms in total. The number of amides is 1. The molecule has 6 heteroatoms. The summed E-state index contributed by atoms with van der Waals surface area (Å²) in [5.74, 6) is 6.48. The predicted octanol–water partition coefficient (Wildman–Crippen LogP) is 0.980. The van der Waals surface area contributed by atoms with Crippen LogP contribution >= 0.6 is 0 Å². The van der Waals surface area contributed by atoms with E-state index in [4.69, 9.17) is 20.1 Å². The molecule has 0 aliphatic rings. The van der Waals surface area contributed by atoms with Gasteiger partial charge < -0.3 is 14.2 Å². The number of benzene rings is 1. The first-order chi connectivity index (χ1) is 8.92. The van der Waals surface area contributed by atoms with E-state index in [1.807, 2.05) is 0 Å². The van der Waals surface area contributed by atoms with Crippen molar-refractivity contribution in [2.45, 2.75) is 19.3 Å². The Morgan fingerprint density at radius 3 is 1.89 bits per heavy atom. The minimum atomic E-state index is -0.905. The van der Waals surface area contributed by atoms with E-state index in [2.05, 4.69) is 5.43 Å². The smallest absolute Gasteiger partial charge is 0.244 e. The normalized spacial score (nSPS) is 10.8. The summed E-state index contributed by atoms with van der Waals surface area (Å²) in [6.07, 6.45) is 0. The second-order valence-electron chi connectivity index (χ2n) is 4.51. The summed E-state index contributed by atoms with van der Waals surface area (Å²) in [5.41, 5.74) is 1.86. The summed E-state index contributed by atoms with van der Waals surface area (Å²) in [4.78, 5) is 11.9. The van der Waals surface area contributed by atoms with Gasteiger partial charge in [0.05, 0.1) is 32.3 Å². The average molecular weight is 268 g/mol. The largest absolute Gasteiger partial charge is 0.496 e. The molecule has 0 aliphatic carbocycles. The zero-order valence-corrected chi connectivity index (χ0v) is 11.9. The van der Waals surface area contributed by atoms with Crippen molar-refractivity contribution in [3.8, 4) is 17.2 Å². The van der Waals surface area contributed by atoms with Gasteiger partial charge in [-0.25, -0.2) is 5.84 Å². The number of ether oxygens (including phenoxy) is 3. The maximum absolute atomic E-state index is 11.9. The van der Waals surface area contributed by atoms with E-state index in [9.17, 15) is 4.79 Å². The van der Waals surface area contributed by atoms with E-state index in [-0.39, 0.29) is 5.91 Å². The highest BCUT2D eigenvalue weighted by molar-refractivity contribution is 5.88. The Morgan fingerprint density at radius 1 is 1.11 bits per heavy atom. The molecule has 1 rings (SSSR count). The molecule has 0 aliphatic heterocycles. The number of nitrogens with one attached hydrogen (secondary N) is 1. The minimum Gasteiger partial charge on any atom is -0.496 e. The Labute approximate surface area is 112 Å². The molecule has 1 amide bonds. The summed E-state index contributed by atoms with van der Waals surface area (Å²) < 4.78 is 15.8. The van der Waals surface area contributed by atoms with Crippen LogP contribution in [0.3, 0.4) is 0 Å². The number of carbonyl (C=O) groups is 1. The molecule has 0 spiro atoms. The van der Waals surface area contributed by atoms with Gasteiger partial charge in [0.1, 0.15) is 17.2 Å². The van der Waals surface area contributed by atoms with Crippen LogP contribution in [-0.4, -0.2) is 27.2 Å². The number of carbonyl (C=O) groups excluding carboxylic acids is 1. The zero-order valence-electron chi connectivity index (χ0n) is 11.9. The minimum absolute atomic E-state index is 0.339. The van der Waals surface area contributed by atoms with Gasteiger partial charge in [-0.3, -0.25) is 10.2 Å². The molecule has 1 aromatic carbocycles. The molecule has 0 atom stereocenters. The molecule has 0 bridgehead atoms. The molecule has 0 saturated heterocycles. The van der Waals surface area contributed by atoms with Gasteiger partial charge in [0.25, 0.3) is 0 Å². The van der Waals surface area contributed by atoms with Crippen LogP contribution in [-0.2, 0) is 10.2 Å². The van der Waals surface area contributed by atoms with Crippen LogP contribution in [0.25, 0.3) is 0 Å². The number of hydrogen-bond donors (Lipinski definition) is 2. The van der Waals surface area contributed by atoms with Gasteiger partial charge in [-0.1, -0.05) is 0 Å². The summed E-state index contributed by atoms with van der Waals surface area (Å²) >= 11 is 0. The van der Waals surface area contributed by atoms with Gasteiger partial charge in [0.2, 0.25) is 5.91 Å². The summed E-state index contributed by atoms with van der Waals surface area (Å²) in [7, 11) is 4.59. The van der Waals surface area contributed by atoms with Crippen LogP contribution in [0.1, 0.15) is 19.4 Å². The third-order valence-corrected chi connectivity index (χ3v) is 3.04. The second-order valence-corrected chi connectivity index (χ2v) is 4.51. The van der Waals surface area contributed by atoms with Gasteiger partial charge in [-0.05, 0) is 13.8 Å². The first-order valence-corrected chi connectivity index (χ1v) is 5.73. The van der Waals surface area contributed by atoms with Gasteiger partial charge >= 0.3 is 0 Å². The summed E-state index contributed by atoms with van der Waals surface area (Å²) in [6.45, 7) is 3.48. The zero-order chi connectivity index (χ0) is 14.6.